The second-order valence-electron chi connectivity index (χ2n) is 8.49. The smallest absolute Gasteiger partial charge is 0.303 e. The van der Waals surface area contributed by atoms with E-state index in [0.29, 0.717) is 19.3 Å². The Labute approximate surface area is 185 Å². The van der Waals surface area contributed by atoms with Gasteiger partial charge < -0.3 is 9.79 Å². The van der Waals surface area contributed by atoms with Crippen LogP contribution in [0, 0.1) is 0 Å². The van der Waals surface area contributed by atoms with E-state index < -0.39 is 17.7 Å². The van der Waals surface area contributed by atoms with E-state index in [2.05, 4.69) is 11.4 Å². The second-order valence-corrected chi connectivity index (χ2v) is 12.0. The maximum absolute atomic E-state index is 11.9. The average Bonchev–Trinajstić information content (AvgIpc) is 2.66. The van der Waals surface area contributed by atoms with Crippen LogP contribution in [0.25, 0.3) is 0 Å². The fourth-order valence-corrected chi connectivity index (χ4v) is 5.44. The van der Waals surface area contributed by atoms with Gasteiger partial charge in [0.2, 0.25) is 0 Å². The van der Waals surface area contributed by atoms with Gasteiger partial charge in [0.05, 0.1) is 18.1 Å². The largest absolute Gasteiger partial charge is 0.469 e. The number of unbranched alkanes of at least 4 members (excludes halogenated alkanes) is 16. The van der Waals surface area contributed by atoms with Crippen LogP contribution >= 0.6 is 7.82 Å². The minimum Gasteiger partial charge on any atom is -0.303 e. The lowest BCUT2D eigenvalue weighted by molar-refractivity contribution is 0.194. The first-order valence-corrected chi connectivity index (χ1v) is 15.5. The average molecular weight is 471 g/mol. The van der Waals surface area contributed by atoms with Gasteiger partial charge >= 0.3 is 7.82 Å². The van der Waals surface area contributed by atoms with E-state index in [9.17, 15) is 13.0 Å². The monoisotopic (exact) mass is 470 g/mol. The van der Waals surface area contributed by atoms with E-state index in [1.54, 1.807) is 0 Å². The van der Waals surface area contributed by atoms with Crippen molar-refractivity contribution in [2.75, 3.05) is 18.1 Å². The number of hydrogen-bond acceptors (Lipinski definition) is 4. The molecule has 2 N–H and O–H groups in total. The summed E-state index contributed by atoms with van der Waals surface area (Å²) in [7, 11) is -7.51. The Bertz CT molecular complexity index is 518. The molecule has 0 radical (unpaired) electrons. The van der Waals surface area contributed by atoms with Gasteiger partial charge in [-0.15, -0.1) is 0 Å². The molecule has 0 spiro atoms. The molecule has 0 aromatic carbocycles. The van der Waals surface area contributed by atoms with Gasteiger partial charge in [-0.1, -0.05) is 103 Å². The molecule has 30 heavy (non-hydrogen) atoms. The van der Waals surface area contributed by atoms with E-state index in [1.165, 1.54) is 83.5 Å². The van der Waals surface area contributed by atoms with Crippen LogP contribution in [0.3, 0.4) is 0 Å². The summed E-state index contributed by atoms with van der Waals surface area (Å²) >= 11 is 0. The van der Waals surface area contributed by atoms with Crippen LogP contribution in [0.1, 0.15) is 122 Å². The van der Waals surface area contributed by atoms with Crippen molar-refractivity contribution in [1.82, 2.24) is 0 Å². The third kappa shape index (κ3) is 24.3. The molecule has 0 atom stereocenters. The molecular formula is C22H47O6PS. The zero-order valence-corrected chi connectivity index (χ0v) is 20.9. The van der Waals surface area contributed by atoms with Crippen LogP contribution in [0.4, 0.5) is 0 Å². The quantitative estimate of drug-likeness (QED) is 0.130. The van der Waals surface area contributed by atoms with E-state index in [0.717, 1.165) is 12.8 Å². The molecule has 0 aromatic rings. The van der Waals surface area contributed by atoms with Crippen LogP contribution < -0.4 is 0 Å². The van der Waals surface area contributed by atoms with Crippen molar-refractivity contribution in [3.63, 3.8) is 0 Å². The number of sulfone groups is 1. The van der Waals surface area contributed by atoms with Crippen LogP contribution in [0.15, 0.2) is 0 Å². The van der Waals surface area contributed by atoms with Crippen molar-refractivity contribution >= 4 is 17.7 Å². The first kappa shape index (κ1) is 30.1. The first-order valence-electron chi connectivity index (χ1n) is 12.2. The molecule has 0 saturated heterocycles. The van der Waals surface area contributed by atoms with Crippen LogP contribution in [0.5, 0.6) is 0 Å². The van der Waals surface area contributed by atoms with Gasteiger partial charge in [-0.2, -0.15) is 0 Å². The highest BCUT2D eigenvalue weighted by molar-refractivity contribution is 7.91. The van der Waals surface area contributed by atoms with Crippen molar-refractivity contribution in [1.29, 1.82) is 0 Å². The number of hydrogen-bond donors (Lipinski definition) is 2. The molecule has 0 aliphatic heterocycles. The Morgan fingerprint density at radius 2 is 0.933 bits per heavy atom. The zero-order chi connectivity index (χ0) is 22.6. The van der Waals surface area contributed by atoms with Crippen molar-refractivity contribution in [3.05, 3.63) is 0 Å². The van der Waals surface area contributed by atoms with Gasteiger partial charge in [0.15, 0.2) is 0 Å². The van der Waals surface area contributed by atoms with Gasteiger partial charge in [0.1, 0.15) is 9.84 Å². The Balaban J connectivity index is 3.33. The van der Waals surface area contributed by atoms with Gasteiger partial charge in [-0.3, -0.25) is 4.52 Å². The fraction of sp³-hybridized carbons (Fsp3) is 1.00. The molecule has 0 amide bonds. The third-order valence-electron chi connectivity index (χ3n) is 5.42. The van der Waals surface area contributed by atoms with Crippen LogP contribution in [0.2, 0.25) is 0 Å². The summed E-state index contributed by atoms with van der Waals surface area (Å²) in [5.74, 6) is 0.279. The molecule has 0 saturated carbocycles. The molecule has 6 nitrogen and oxygen atoms in total. The maximum atomic E-state index is 11.9. The molecule has 0 fully saturated rings. The number of rotatable bonds is 23. The minimum atomic E-state index is -4.44. The summed E-state index contributed by atoms with van der Waals surface area (Å²) in [4.78, 5) is 17.1. The van der Waals surface area contributed by atoms with Gasteiger partial charge in [-0.25, -0.2) is 13.0 Å². The molecule has 0 rings (SSSR count). The highest BCUT2D eigenvalue weighted by Crippen LogP contribution is 2.35. The molecule has 8 heteroatoms. The van der Waals surface area contributed by atoms with Crippen molar-refractivity contribution < 1.29 is 27.3 Å². The standard InChI is InChI=1S/C22H47O6PS/c1-2-3-4-5-6-7-8-9-10-11-12-13-14-15-16-18-21-30(26,27)22-19-17-20-28-29(23,24)25/h2-22H2,1H3,(H2,23,24,25). The van der Waals surface area contributed by atoms with Gasteiger partial charge in [0, 0.05) is 0 Å². The SMILES string of the molecule is CCCCCCCCCCCCCCCCCCS(=O)(=O)CCCCOP(=O)(O)O. The third-order valence-corrected chi connectivity index (χ3v) is 7.76. The molecule has 0 heterocycles. The summed E-state index contributed by atoms with van der Waals surface area (Å²) in [5, 5.41) is 0. The van der Waals surface area contributed by atoms with Crippen LogP contribution in [-0.4, -0.2) is 36.3 Å². The lowest BCUT2D eigenvalue weighted by Gasteiger charge is -2.06. The molecule has 0 bridgehead atoms. The maximum Gasteiger partial charge on any atom is 0.469 e. The summed E-state index contributed by atoms with van der Waals surface area (Å²) in [6, 6.07) is 0. The van der Waals surface area contributed by atoms with Gasteiger partial charge in [0.25, 0.3) is 0 Å². The van der Waals surface area contributed by atoms with Crippen molar-refractivity contribution in [2.24, 2.45) is 0 Å². The Hall–Kier alpha value is 0.0600. The molecule has 0 aliphatic carbocycles. The van der Waals surface area contributed by atoms with E-state index in [-0.39, 0.29) is 18.1 Å². The van der Waals surface area contributed by atoms with E-state index in [4.69, 9.17) is 9.79 Å². The van der Waals surface area contributed by atoms with Crippen molar-refractivity contribution in [2.45, 2.75) is 122 Å². The lowest BCUT2D eigenvalue weighted by atomic mass is 10.0. The Kier molecular flexibility index (Phi) is 19.8. The van der Waals surface area contributed by atoms with E-state index in [1.807, 2.05) is 0 Å². The lowest BCUT2D eigenvalue weighted by Crippen LogP contribution is -2.11. The zero-order valence-electron chi connectivity index (χ0n) is 19.2. The molecule has 0 aliphatic rings. The molecule has 0 aromatic heterocycles. The van der Waals surface area contributed by atoms with Crippen LogP contribution in [-0.2, 0) is 18.9 Å². The Morgan fingerprint density at radius 1 is 0.600 bits per heavy atom. The fourth-order valence-electron chi connectivity index (χ4n) is 3.58. The topological polar surface area (TPSA) is 101 Å². The number of phosphoric ester groups is 1. The molecule has 0 unspecified atom stereocenters. The minimum absolute atomic E-state index is 0.0657. The predicted molar refractivity (Wildman–Crippen MR) is 125 cm³/mol. The summed E-state index contributed by atoms with van der Waals surface area (Å²) in [5.41, 5.74) is 0. The Morgan fingerprint density at radius 3 is 1.30 bits per heavy atom. The summed E-state index contributed by atoms with van der Waals surface area (Å²) in [6.45, 7) is 2.15. The normalized spacial score (nSPS) is 12.5. The van der Waals surface area contributed by atoms with E-state index >= 15 is 0 Å². The summed E-state index contributed by atoms with van der Waals surface area (Å²) < 4.78 is 38.7. The van der Waals surface area contributed by atoms with Crippen molar-refractivity contribution in [3.8, 4) is 0 Å². The highest BCUT2D eigenvalue weighted by atomic mass is 32.2. The number of phosphoric acid groups is 1. The highest BCUT2D eigenvalue weighted by Gasteiger charge is 2.14. The molecular weight excluding hydrogens is 423 g/mol. The second kappa shape index (κ2) is 19.7. The van der Waals surface area contributed by atoms with Gasteiger partial charge in [-0.05, 0) is 19.3 Å². The summed E-state index contributed by atoms with van der Waals surface area (Å²) in [6.07, 6.45) is 21.0. The predicted octanol–water partition coefficient (Wildman–Crippen LogP) is 6.55. The molecule has 182 valence electrons. The first-order chi connectivity index (χ1) is 14.3.